The maximum atomic E-state index is 12.1. The number of carbonyl (C=O) groups excluding carboxylic acids is 1. The van der Waals surface area contributed by atoms with E-state index in [0.29, 0.717) is 4.88 Å². The van der Waals surface area contributed by atoms with Gasteiger partial charge in [0, 0.05) is 30.1 Å². The van der Waals surface area contributed by atoms with Crippen molar-refractivity contribution in [1.82, 2.24) is 9.78 Å². The highest BCUT2D eigenvalue weighted by atomic mass is 32.1. The van der Waals surface area contributed by atoms with Crippen LogP contribution in [0.25, 0.3) is 11.1 Å². The quantitative estimate of drug-likeness (QED) is 0.800. The Balaban J connectivity index is 1.92. The number of hydrogen-bond acceptors (Lipinski definition) is 3. The maximum Gasteiger partial charge on any atom is 0.265 e. The summed E-state index contributed by atoms with van der Waals surface area (Å²) in [5.41, 5.74) is 2.74. The van der Waals surface area contributed by atoms with Crippen LogP contribution in [0.5, 0.6) is 0 Å². The lowest BCUT2D eigenvalue weighted by atomic mass is 10.1. The third-order valence-corrected chi connectivity index (χ3v) is 3.80. The number of thiophene rings is 1. The Kier molecular flexibility index (Phi) is 3.35. The standard InChI is InChI=1S/C15H13N3OS/c1-18-10-11(9-16-18)12-5-2-3-6-13(12)17-15(19)14-7-4-8-20-14/h2-10H,1H3,(H,17,19). The van der Waals surface area contributed by atoms with E-state index in [2.05, 4.69) is 10.4 Å². The van der Waals surface area contributed by atoms with Gasteiger partial charge in [0.15, 0.2) is 0 Å². The molecule has 0 aliphatic rings. The number of rotatable bonds is 3. The molecule has 0 aliphatic carbocycles. The molecule has 0 fully saturated rings. The topological polar surface area (TPSA) is 46.9 Å². The minimum atomic E-state index is -0.0867. The van der Waals surface area contributed by atoms with Crippen LogP contribution in [0, 0.1) is 0 Å². The van der Waals surface area contributed by atoms with Crippen LogP contribution < -0.4 is 5.32 Å². The molecule has 0 radical (unpaired) electrons. The second-order valence-corrected chi connectivity index (χ2v) is 5.33. The molecule has 2 heterocycles. The zero-order valence-corrected chi connectivity index (χ0v) is 11.7. The van der Waals surface area contributed by atoms with E-state index >= 15 is 0 Å². The van der Waals surface area contributed by atoms with Gasteiger partial charge in [-0.3, -0.25) is 9.48 Å². The summed E-state index contributed by atoms with van der Waals surface area (Å²) in [7, 11) is 1.87. The fourth-order valence-electron chi connectivity index (χ4n) is 2.00. The minimum Gasteiger partial charge on any atom is -0.321 e. The van der Waals surface area contributed by atoms with Gasteiger partial charge in [-0.1, -0.05) is 24.3 Å². The summed E-state index contributed by atoms with van der Waals surface area (Å²) >= 11 is 1.43. The molecule has 2 aromatic heterocycles. The molecule has 0 saturated carbocycles. The minimum absolute atomic E-state index is 0.0867. The summed E-state index contributed by atoms with van der Waals surface area (Å²) in [6.07, 6.45) is 3.71. The van der Waals surface area contributed by atoms with Gasteiger partial charge in [0.2, 0.25) is 0 Å². The summed E-state index contributed by atoms with van der Waals surface area (Å²) < 4.78 is 1.74. The van der Waals surface area contributed by atoms with Crippen molar-refractivity contribution in [2.24, 2.45) is 7.05 Å². The molecule has 100 valence electrons. The van der Waals surface area contributed by atoms with Gasteiger partial charge in [0.1, 0.15) is 0 Å². The van der Waals surface area contributed by atoms with Gasteiger partial charge < -0.3 is 5.32 Å². The van der Waals surface area contributed by atoms with Crippen LogP contribution in [-0.2, 0) is 7.05 Å². The van der Waals surface area contributed by atoms with E-state index in [1.54, 1.807) is 10.9 Å². The largest absolute Gasteiger partial charge is 0.321 e. The van der Waals surface area contributed by atoms with Crippen molar-refractivity contribution in [2.45, 2.75) is 0 Å². The lowest BCUT2D eigenvalue weighted by molar-refractivity contribution is 0.103. The lowest BCUT2D eigenvalue weighted by Gasteiger charge is -2.08. The van der Waals surface area contributed by atoms with Gasteiger partial charge in [0.25, 0.3) is 5.91 Å². The van der Waals surface area contributed by atoms with Crippen molar-refractivity contribution in [3.05, 3.63) is 59.0 Å². The van der Waals surface area contributed by atoms with E-state index < -0.39 is 0 Å². The van der Waals surface area contributed by atoms with E-state index in [1.165, 1.54) is 11.3 Å². The molecular weight excluding hydrogens is 270 g/mol. The Labute approximate surface area is 120 Å². The molecule has 3 aromatic rings. The molecule has 3 rings (SSSR count). The van der Waals surface area contributed by atoms with Crippen molar-refractivity contribution in [1.29, 1.82) is 0 Å². The van der Waals surface area contributed by atoms with Gasteiger partial charge in [-0.05, 0) is 17.5 Å². The average Bonchev–Trinajstić information content (AvgIpc) is 3.10. The summed E-state index contributed by atoms with van der Waals surface area (Å²) in [5, 5.41) is 9.02. The first-order valence-corrected chi connectivity index (χ1v) is 7.05. The maximum absolute atomic E-state index is 12.1. The number of hydrogen-bond donors (Lipinski definition) is 1. The van der Waals surface area contributed by atoms with E-state index in [4.69, 9.17) is 0 Å². The normalized spacial score (nSPS) is 10.4. The highest BCUT2D eigenvalue weighted by Gasteiger charge is 2.11. The summed E-state index contributed by atoms with van der Waals surface area (Å²) in [5.74, 6) is -0.0867. The van der Waals surface area contributed by atoms with E-state index in [-0.39, 0.29) is 5.91 Å². The van der Waals surface area contributed by atoms with Gasteiger partial charge in [-0.15, -0.1) is 11.3 Å². The second kappa shape index (κ2) is 5.30. The first-order chi connectivity index (χ1) is 9.74. The Morgan fingerprint density at radius 3 is 2.80 bits per heavy atom. The van der Waals surface area contributed by atoms with Gasteiger partial charge >= 0.3 is 0 Å². The fraction of sp³-hybridized carbons (Fsp3) is 0.0667. The third-order valence-electron chi connectivity index (χ3n) is 2.94. The number of benzene rings is 1. The SMILES string of the molecule is Cn1cc(-c2ccccc2NC(=O)c2cccs2)cn1. The van der Waals surface area contributed by atoms with Crippen LogP contribution in [0.2, 0.25) is 0 Å². The Morgan fingerprint density at radius 1 is 1.25 bits per heavy atom. The number of amides is 1. The number of nitrogens with zero attached hydrogens (tertiary/aromatic N) is 2. The van der Waals surface area contributed by atoms with Crippen LogP contribution >= 0.6 is 11.3 Å². The second-order valence-electron chi connectivity index (χ2n) is 4.38. The molecule has 0 saturated heterocycles. The third kappa shape index (κ3) is 2.48. The number of para-hydroxylation sites is 1. The van der Waals surface area contributed by atoms with Gasteiger partial charge in [-0.2, -0.15) is 5.10 Å². The summed E-state index contributed by atoms with van der Waals surface area (Å²) in [4.78, 5) is 12.8. The first kappa shape index (κ1) is 12.6. The highest BCUT2D eigenvalue weighted by molar-refractivity contribution is 7.12. The number of carbonyl (C=O) groups is 1. The van der Waals surface area contributed by atoms with Crippen LogP contribution in [0.1, 0.15) is 9.67 Å². The number of nitrogens with one attached hydrogen (secondary N) is 1. The molecule has 1 N–H and O–H groups in total. The highest BCUT2D eigenvalue weighted by Crippen LogP contribution is 2.27. The Bertz CT molecular complexity index is 731. The van der Waals surface area contributed by atoms with Crippen molar-refractivity contribution in [3.63, 3.8) is 0 Å². The summed E-state index contributed by atoms with van der Waals surface area (Å²) in [6, 6.07) is 11.4. The molecule has 5 heteroatoms. The Morgan fingerprint density at radius 2 is 2.10 bits per heavy atom. The lowest BCUT2D eigenvalue weighted by Crippen LogP contribution is -2.10. The monoisotopic (exact) mass is 283 g/mol. The van der Waals surface area contributed by atoms with Crippen molar-refractivity contribution < 1.29 is 4.79 Å². The molecule has 1 amide bonds. The van der Waals surface area contributed by atoms with Crippen LogP contribution in [0.4, 0.5) is 5.69 Å². The molecule has 4 nitrogen and oxygen atoms in total. The number of anilines is 1. The van der Waals surface area contributed by atoms with Crippen molar-refractivity contribution in [3.8, 4) is 11.1 Å². The molecule has 1 aromatic carbocycles. The molecule has 0 aliphatic heterocycles. The number of aryl methyl sites for hydroxylation is 1. The molecule has 0 bridgehead atoms. The van der Waals surface area contributed by atoms with Crippen LogP contribution in [-0.4, -0.2) is 15.7 Å². The van der Waals surface area contributed by atoms with Gasteiger partial charge in [0.05, 0.1) is 11.1 Å². The summed E-state index contributed by atoms with van der Waals surface area (Å²) in [6.45, 7) is 0. The van der Waals surface area contributed by atoms with Crippen molar-refractivity contribution >= 4 is 22.9 Å². The van der Waals surface area contributed by atoms with Gasteiger partial charge in [-0.25, -0.2) is 0 Å². The molecule has 0 atom stereocenters. The average molecular weight is 283 g/mol. The Hall–Kier alpha value is -2.40. The molecule has 20 heavy (non-hydrogen) atoms. The van der Waals surface area contributed by atoms with E-state index in [1.807, 2.05) is 55.0 Å². The van der Waals surface area contributed by atoms with E-state index in [0.717, 1.165) is 16.8 Å². The predicted octanol–water partition coefficient (Wildman–Crippen LogP) is 3.40. The van der Waals surface area contributed by atoms with Crippen molar-refractivity contribution in [2.75, 3.05) is 5.32 Å². The smallest absolute Gasteiger partial charge is 0.265 e. The van der Waals surface area contributed by atoms with Crippen LogP contribution in [0.3, 0.4) is 0 Å². The van der Waals surface area contributed by atoms with Crippen LogP contribution in [0.15, 0.2) is 54.2 Å². The molecule has 0 unspecified atom stereocenters. The first-order valence-electron chi connectivity index (χ1n) is 6.17. The molecule has 0 spiro atoms. The molecular formula is C15H13N3OS. The fourth-order valence-corrected chi connectivity index (χ4v) is 2.61. The number of aromatic nitrogens is 2. The predicted molar refractivity (Wildman–Crippen MR) is 80.9 cm³/mol. The zero-order valence-electron chi connectivity index (χ0n) is 10.9. The van der Waals surface area contributed by atoms with E-state index in [9.17, 15) is 4.79 Å². The zero-order chi connectivity index (χ0) is 13.9.